The minimum atomic E-state index is -0.700. The van der Waals surface area contributed by atoms with Gasteiger partial charge in [-0.1, -0.05) is 38.0 Å². The fourth-order valence-corrected chi connectivity index (χ4v) is 5.99. The first-order valence-corrected chi connectivity index (χ1v) is 13.7. The number of unbranched alkanes of at least 4 members (excludes halogenated alkanes) is 2. The van der Waals surface area contributed by atoms with Crippen LogP contribution in [0.4, 0.5) is 5.69 Å². The number of anilines is 1. The van der Waals surface area contributed by atoms with Crippen LogP contribution in [0.25, 0.3) is 0 Å². The summed E-state index contributed by atoms with van der Waals surface area (Å²) in [5.74, 6) is 0.225. The third-order valence-electron chi connectivity index (χ3n) is 8.47. The van der Waals surface area contributed by atoms with Gasteiger partial charge in [0.15, 0.2) is 0 Å². The van der Waals surface area contributed by atoms with E-state index in [4.69, 9.17) is 0 Å². The zero-order valence-electron chi connectivity index (χ0n) is 22.3. The molecule has 36 heavy (non-hydrogen) atoms. The maximum atomic E-state index is 13.9. The number of likely N-dealkylation sites (tertiary alicyclic amines) is 2. The van der Waals surface area contributed by atoms with Gasteiger partial charge in [-0.2, -0.15) is 0 Å². The Morgan fingerprint density at radius 1 is 1.03 bits per heavy atom. The number of carbonyl (C=O) groups excluding carboxylic acids is 3. The van der Waals surface area contributed by atoms with Crippen LogP contribution < -0.4 is 4.90 Å². The van der Waals surface area contributed by atoms with Gasteiger partial charge < -0.3 is 24.5 Å². The molecule has 3 aliphatic rings. The van der Waals surface area contributed by atoms with Crippen LogP contribution in [0.5, 0.6) is 0 Å². The highest BCUT2D eigenvalue weighted by molar-refractivity contribution is 5.96. The number of carbonyl (C=O) groups is 3. The SMILES string of the molecule is CCCCCC(=O)N1CCC2(CC1)C(=O)N(CC(=O)N(C)C1CCN(C)CC1)CN2c1ccccc1. The van der Waals surface area contributed by atoms with E-state index < -0.39 is 5.54 Å². The monoisotopic (exact) mass is 497 g/mol. The van der Waals surface area contributed by atoms with Crippen molar-refractivity contribution >= 4 is 23.4 Å². The number of amides is 3. The van der Waals surface area contributed by atoms with E-state index >= 15 is 0 Å². The second kappa shape index (κ2) is 11.6. The van der Waals surface area contributed by atoms with Crippen molar-refractivity contribution in [3.05, 3.63) is 30.3 Å². The van der Waals surface area contributed by atoms with Gasteiger partial charge >= 0.3 is 0 Å². The summed E-state index contributed by atoms with van der Waals surface area (Å²) in [5.41, 5.74) is 0.292. The van der Waals surface area contributed by atoms with Gasteiger partial charge in [0.05, 0.1) is 6.67 Å². The molecule has 0 atom stereocenters. The number of benzene rings is 1. The summed E-state index contributed by atoms with van der Waals surface area (Å²) in [7, 11) is 3.99. The molecule has 1 aromatic carbocycles. The molecule has 0 unspecified atom stereocenters. The van der Waals surface area contributed by atoms with Crippen molar-refractivity contribution in [3.8, 4) is 0 Å². The van der Waals surface area contributed by atoms with Gasteiger partial charge in [-0.15, -0.1) is 0 Å². The Morgan fingerprint density at radius 3 is 2.33 bits per heavy atom. The number of likely N-dealkylation sites (N-methyl/N-ethyl adjacent to an activating group) is 1. The third kappa shape index (κ3) is 5.53. The van der Waals surface area contributed by atoms with Crippen molar-refractivity contribution in [2.75, 3.05) is 58.4 Å². The lowest BCUT2D eigenvalue weighted by Gasteiger charge is -2.43. The molecule has 0 aliphatic carbocycles. The van der Waals surface area contributed by atoms with Gasteiger partial charge in [-0.3, -0.25) is 14.4 Å². The standard InChI is InChI=1S/C28H43N5O3/c1-4-5-7-12-25(34)31-19-15-28(16-20-31)27(36)32(22-33(28)24-10-8-6-9-11-24)21-26(35)30(3)23-13-17-29(2)18-14-23/h6,8-11,23H,4-5,7,12-22H2,1-3H3. The summed E-state index contributed by atoms with van der Waals surface area (Å²) in [4.78, 5) is 49.9. The number of nitrogens with zero attached hydrogens (tertiary/aromatic N) is 5. The topological polar surface area (TPSA) is 67.4 Å². The van der Waals surface area contributed by atoms with Crippen LogP contribution >= 0.6 is 0 Å². The molecule has 0 radical (unpaired) electrons. The highest BCUT2D eigenvalue weighted by Crippen LogP contribution is 2.39. The molecule has 3 saturated heterocycles. The van der Waals surface area contributed by atoms with Crippen molar-refractivity contribution in [1.82, 2.24) is 19.6 Å². The van der Waals surface area contributed by atoms with Crippen LogP contribution in [0.15, 0.2) is 30.3 Å². The molecule has 3 amide bonds. The van der Waals surface area contributed by atoms with Crippen molar-refractivity contribution in [1.29, 1.82) is 0 Å². The maximum absolute atomic E-state index is 13.9. The van der Waals surface area contributed by atoms with Crippen molar-refractivity contribution in [2.45, 2.75) is 69.9 Å². The van der Waals surface area contributed by atoms with Crippen LogP contribution in [0.1, 0.15) is 58.3 Å². The molecule has 8 nitrogen and oxygen atoms in total. The van der Waals surface area contributed by atoms with Crippen molar-refractivity contribution in [3.63, 3.8) is 0 Å². The Bertz CT molecular complexity index is 907. The third-order valence-corrected chi connectivity index (χ3v) is 8.47. The number of piperidine rings is 2. The molecular formula is C28H43N5O3. The summed E-state index contributed by atoms with van der Waals surface area (Å²) >= 11 is 0. The highest BCUT2D eigenvalue weighted by atomic mass is 16.2. The number of hydrogen-bond acceptors (Lipinski definition) is 5. The van der Waals surface area contributed by atoms with Gasteiger partial charge in [0.2, 0.25) is 11.8 Å². The molecule has 0 saturated carbocycles. The molecule has 0 N–H and O–H groups in total. The summed E-state index contributed by atoms with van der Waals surface area (Å²) in [6.45, 7) is 5.79. The lowest BCUT2D eigenvalue weighted by molar-refractivity contribution is -0.142. The zero-order valence-corrected chi connectivity index (χ0v) is 22.3. The Hall–Kier alpha value is -2.61. The van der Waals surface area contributed by atoms with E-state index in [1.807, 2.05) is 47.2 Å². The molecule has 1 spiro atoms. The van der Waals surface area contributed by atoms with E-state index in [0.717, 1.165) is 50.9 Å². The fraction of sp³-hybridized carbons (Fsp3) is 0.679. The molecule has 3 fully saturated rings. The van der Waals surface area contributed by atoms with Gasteiger partial charge in [0.25, 0.3) is 5.91 Å². The van der Waals surface area contributed by atoms with Gasteiger partial charge in [0.1, 0.15) is 12.1 Å². The van der Waals surface area contributed by atoms with Crippen LogP contribution in [-0.2, 0) is 14.4 Å². The average molecular weight is 498 g/mol. The van der Waals surface area contributed by atoms with E-state index in [9.17, 15) is 14.4 Å². The van der Waals surface area contributed by atoms with Gasteiger partial charge in [-0.25, -0.2) is 0 Å². The summed E-state index contributed by atoms with van der Waals surface area (Å²) < 4.78 is 0. The van der Waals surface area contributed by atoms with Crippen LogP contribution in [0.2, 0.25) is 0 Å². The smallest absolute Gasteiger partial charge is 0.250 e. The number of hydrogen-bond donors (Lipinski definition) is 0. The van der Waals surface area contributed by atoms with E-state index in [1.54, 1.807) is 4.90 Å². The molecule has 1 aromatic rings. The molecule has 198 valence electrons. The summed E-state index contributed by atoms with van der Waals surface area (Å²) in [5, 5.41) is 0. The molecular weight excluding hydrogens is 454 g/mol. The second-order valence-electron chi connectivity index (χ2n) is 10.8. The van der Waals surface area contributed by atoms with Gasteiger partial charge in [0, 0.05) is 38.3 Å². The first-order valence-electron chi connectivity index (χ1n) is 13.7. The Labute approximate surface area is 216 Å². The highest BCUT2D eigenvalue weighted by Gasteiger charge is 2.54. The predicted octanol–water partition coefficient (Wildman–Crippen LogP) is 2.79. The van der Waals surface area contributed by atoms with E-state index in [1.165, 1.54) is 0 Å². The van der Waals surface area contributed by atoms with Crippen LogP contribution in [0.3, 0.4) is 0 Å². The molecule has 4 rings (SSSR count). The Kier molecular flexibility index (Phi) is 8.54. The number of rotatable bonds is 8. The van der Waals surface area contributed by atoms with Crippen LogP contribution in [0, 0.1) is 0 Å². The van der Waals surface area contributed by atoms with E-state index in [-0.39, 0.29) is 30.3 Å². The number of para-hydroxylation sites is 1. The van der Waals surface area contributed by atoms with Gasteiger partial charge in [-0.05, 0) is 64.4 Å². The zero-order chi connectivity index (χ0) is 25.7. The Morgan fingerprint density at radius 2 is 1.69 bits per heavy atom. The average Bonchev–Trinajstić information content (AvgIpc) is 3.15. The lowest BCUT2D eigenvalue weighted by Crippen LogP contribution is -2.57. The van der Waals surface area contributed by atoms with E-state index in [2.05, 4.69) is 23.8 Å². The van der Waals surface area contributed by atoms with Crippen molar-refractivity contribution < 1.29 is 14.4 Å². The molecule has 0 bridgehead atoms. The van der Waals surface area contributed by atoms with Crippen molar-refractivity contribution in [2.24, 2.45) is 0 Å². The molecule has 3 heterocycles. The summed E-state index contributed by atoms with van der Waals surface area (Å²) in [6, 6.07) is 10.3. The first-order chi connectivity index (χ1) is 17.4. The normalized spacial score (nSPS) is 20.9. The molecule has 3 aliphatic heterocycles. The fourth-order valence-electron chi connectivity index (χ4n) is 5.99. The first kappa shape index (κ1) is 26.5. The second-order valence-corrected chi connectivity index (χ2v) is 10.8. The minimum Gasteiger partial charge on any atom is -0.342 e. The lowest BCUT2D eigenvalue weighted by atomic mass is 9.85. The summed E-state index contributed by atoms with van der Waals surface area (Å²) in [6.07, 6.45) is 6.79. The molecule has 0 aromatic heterocycles. The predicted molar refractivity (Wildman–Crippen MR) is 141 cm³/mol. The van der Waals surface area contributed by atoms with E-state index in [0.29, 0.717) is 39.0 Å². The Balaban J connectivity index is 1.46. The maximum Gasteiger partial charge on any atom is 0.250 e. The minimum absolute atomic E-state index is 0.00602. The molecule has 8 heteroatoms. The quantitative estimate of drug-likeness (QED) is 0.517. The largest absolute Gasteiger partial charge is 0.342 e. The van der Waals surface area contributed by atoms with Crippen LogP contribution in [-0.4, -0.2) is 102 Å².